The van der Waals surface area contributed by atoms with Gasteiger partial charge in [-0.05, 0) is 37.6 Å². The lowest BCUT2D eigenvalue weighted by Crippen LogP contribution is -2.68. The Morgan fingerprint density at radius 3 is 2.41 bits per heavy atom. The lowest BCUT2D eigenvalue weighted by Gasteiger charge is -2.45. The predicted octanol–water partition coefficient (Wildman–Crippen LogP) is 2.93. The Bertz CT molecular complexity index is 601. The van der Waals surface area contributed by atoms with Crippen LogP contribution in [-0.2, 0) is 4.79 Å². The number of carbonyl (C=O) groups excluding carboxylic acids is 1. The van der Waals surface area contributed by atoms with Crippen LogP contribution in [0.2, 0.25) is 0 Å². The van der Waals surface area contributed by atoms with Crippen molar-refractivity contribution in [2.24, 2.45) is 5.92 Å². The summed E-state index contributed by atoms with van der Waals surface area (Å²) >= 11 is 0. The molecule has 0 aliphatic carbocycles. The highest BCUT2D eigenvalue weighted by atomic mass is 19.1. The van der Waals surface area contributed by atoms with Crippen LogP contribution < -0.4 is 15.5 Å². The first-order chi connectivity index (χ1) is 13.1. The van der Waals surface area contributed by atoms with Gasteiger partial charge in [0, 0.05) is 37.9 Å². The molecule has 0 bridgehead atoms. The standard InChI is InChI=1S/C21H33FN4O/c1-3-4-5-6-7-19-16(2)23-21(24-20(19)27)26-14-12-25(13-15-26)18-10-8-17(22)9-11-18/h8-11,16,19,21,23H,3-7,12-15H2,1-2H3,(H,24,27). The lowest BCUT2D eigenvalue weighted by atomic mass is 9.91. The molecule has 2 aliphatic heterocycles. The number of carbonyl (C=O) groups is 1. The highest BCUT2D eigenvalue weighted by Gasteiger charge is 2.36. The molecule has 2 fully saturated rings. The molecule has 1 aromatic carbocycles. The zero-order valence-corrected chi connectivity index (χ0v) is 16.6. The third kappa shape index (κ3) is 5.20. The van der Waals surface area contributed by atoms with Gasteiger partial charge in [-0.3, -0.25) is 15.0 Å². The van der Waals surface area contributed by atoms with Crippen molar-refractivity contribution >= 4 is 11.6 Å². The Morgan fingerprint density at radius 2 is 1.78 bits per heavy atom. The largest absolute Gasteiger partial charge is 0.369 e. The number of amides is 1. The van der Waals surface area contributed by atoms with Crippen LogP contribution >= 0.6 is 0 Å². The summed E-state index contributed by atoms with van der Waals surface area (Å²) in [6.45, 7) is 7.80. The first-order valence-electron chi connectivity index (χ1n) is 10.4. The van der Waals surface area contributed by atoms with Gasteiger partial charge in [0.2, 0.25) is 5.91 Å². The predicted molar refractivity (Wildman–Crippen MR) is 107 cm³/mol. The Labute approximate surface area is 162 Å². The number of unbranched alkanes of at least 4 members (excludes halogenated alkanes) is 3. The van der Waals surface area contributed by atoms with Crippen molar-refractivity contribution in [1.29, 1.82) is 0 Å². The van der Waals surface area contributed by atoms with Crippen molar-refractivity contribution in [3.8, 4) is 0 Å². The van der Waals surface area contributed by atoms with E-state index in [1.807, 2.05) is 12.1 Å². The highest BCUT2D eigenvalue weighted by Crippen LogP contribution is 2.21. The van der Waals surface area contributed by atoms with E-state index in [1.54, 1.807) is 0 Å². The second-order valence-corrected chi connectivity index (χ2v) is 7.82. The zero-order chi connectivity index (χ0) is 19.2. The minimum Gasteiger partial charge on any atom is -0.369 e. The van der Waals surface area contributed by atoms with Gasteiger partial charge in [-0.25, -0.2) is 4.39 Å². The number of nitrogens with zero attached hydrogens (tertiary/aromatic N) is 2. The van der Waals surface area contributed by atoms with Gasteiger partial charge < -0.3 is 10.2 Å². The zero-order valence-electron chi connectivity index (χ0n) is 16.6. The van der Waals surface area contributed by atoms with E-state index in [0.717, 1.165) is 44.7 Å². The second kappa shape index (κ2) is 9.51. The van der Waals surface area contributed by atoms with Gasteiger partial charge in [0.15, 0.2) is 0 Å². The summed E-state index contributed by atoms with van der Waals surface area (Å²) in [7, 11) is 0. The molecule has 0 spiro atoms. The van der Waals surface area contributed by atoms with Crippen molar-refractivity contribution in [1.82, 2.24) is 15.5 Å². The first-order valence-corrected chi connectivity index (χ1v) is 10.4. The Hall–Kier alpha value is -1.66. The topological polar surface area (TPSA) is 47.6 Å². The normalized spacial score (nSPS) is 26.9. The molecule has 3 atom stereocenters. The quantitative estimate of drug-likeness (QED) is 0.719. The number of nitrogens with one attached hydrogen (secondary N) is 2. The van der Waals surface area contributed by atoms with Crippen molar-refractivity contribution in [2.75, 3.05) is 31.1 Å². The lowest BCUT2D eigenvalue weighted by molar-refractivity contribution is -0.132. The SMILES string of the molecule is CCCCCCC1C(=O)NC(N2CCN(c3ccc(F)cc3)CC2)NC1C. The summed E-state index contributed by atoms with van der Waals surface area (Å²) < 4.78 is 13.1. The summed E-state index contributed by atoms with van der Waals surface area (Å²) in [6.07, 6.45) is 5.68. The molecule has 1 aromatic rings. The molecular weight excluding hydrogens is 343 g/mol. The fourth-order valence-electron chi connectivity index (χ4n) is 4.13. The second-order valence-electron chi connectivity index (χ2n) is 7.82. The van der Waals surface area contributed by atoms with E-state index in [1.165, 1.54) is 31.4 Å². The maximum Gasteiger partial charge on any atom is 0.226 e. The number of piperazine rings is 1. The van der Waals surface area contributed by atoms with Crippen molar-refractivity contribution in [2.45, 2.75) is 58.3 Å². The summed E-state index contributed by atoms with van der Waals surface area (Å²) in [6, 6.07) is 6.87. The fourth-order valence-corrected chi connectivity index (χ4v) is 4.13. The monoisotopic (exact) mass is 376 g/mol. The molecule has 2 N–H and O–H groups in total. The molecular formula is C21H33FN4O. The third-order valence-corrected chi connectivity index (χ3v) is 5.88. The third-order valence-electron chi connectivity index (χ3n) is 5.88. The first kappa shape index (κ1) is 20.1. The molecule has 150 valence electrons. The Morgan fingerprint density at radius 1 is 1.07 bits per heavy atom. The molecule has 0 saturated carbocycles. The van der Waals surface area contributed by atoms with Crippen molar-refractivity contribution in [3.63, 3.8) is 0 Å². The van der Waals surface area contributed by atoms with Crippen molar-refractivity contribution < 1.29 is 9.18 Å². The van der Waals surface area contributed by atoms with E-state index < -0.39 is 0 Å². The number of hydrogen-bond donors (Lipinski definition) is 2. The van der Waals surface area contributed by atoms with Gasteiger partial charge >= 0.3 is 0 Å². The molecule has 5 nitrogen and oxygen atoms in total. The molecule has 27 heavy (non-hydrogen) atoms. The molecule has 6 heteroatoms. The smallest absolute Gasteiger partial charge is 0.226 e. The van der Waals surface area contributed by atoms with Crippen LogP contribution in [0.5, 0.6) is 0 Å². The maximum absolute atomic E-state index is 13.1. The van der Waals surface area contributed by atoms with Crippen LogP contribution in [0.3, 0.4) is 0 Å². The van der Waals surface area contributed by atoms with E-state index in [0.29, 0.717) is 0 Å². The molecule has 3 rings (SSSR count). The molecule has 3 unspecified atom stereocenters. The van der Waals surface area contributed by atoms with Crippen molar-refractivity contribution in [3.05, 3.63) is 30.1 Å². The Kier molecular flexibility index (Phi) is 7.07. The van der Waals surface area contributed by atoms with Gasteiger partial charge in [0.05, 0.1) is 5.92 Å². The average molecular weight is 377 g/mol. The van der Waals surface area contributed by atoms with Gasteiger partial charge in [0.25, 0.3) is 0 Å². The minimum atomic E-state index is -0.204. The van der Waals surface area contributed by atoms with Crippen LogP contribution in [0.1, 0.15) is 46.0 Å². The van der Waals surface area contributed by atoms with Crippen LogP contribution in [0.15, 0.2) is 24.3 Å². The fraction of sp³-hybridized carbons (Fsp3) is 0.667. The number of rotatable bonds is 7. The van der Waals surface area contributed by atoms with Crippen LogP contribution in [0.25, 0.3) is 0 Å². The van der Waals surface area contributed by atoms with Gasteiger partial charge in [-0.2, -0.15) is 0 Å². The molecule has 2 heterocycles. The summed E-state index contributed by atoms with van der Waals surface area (Å²) in [5.74, 6) is 0.0482. The number of benzene rings is 1. The summed E-state index contributed by atoms with van der Waals surface area (Å²) in [4.78, 5) is 17.2. The number of anilines is 1. The van der Waals surface area contributed by atoms with Gasteiger partial charge in [0.1, 0.15) is 12.1 Å². The maximum atomic E-state index is 13.1. The van der Waals surface area contributed by atoms with E-state index in [-0.39, 0.29) is 30.0 Å². The van der Waals surface area contributed by atoms with E-state index >= 15 is 0 Å². The van der Waals surface area contributed by atoms with Gasteiger partial charge in [-0.15, -0.1) is 0 Å². The van der Waals surface area contributed by atoms with E-state index in [2.05, 4.69) is 34.3 Å². The molecule has 2 saturated heterocycles. The molecule has 2 aliphatic rings. The molecule has 0 radical (unpaired) electrons. The Balaban J connectivity index is 1.48. The van der Waals surface area contributed by atoms with Crippen LogP contribution in [-0.4, -0.2) is 49.3 Å². The van der Waals surface area contributed by atoms with Crippen LogP contribution in [0, 0.1) is 11.7 Å². The highest BCUT2D eigenvalue weighted by molar-refractivity contribution is 5.80. The number of hydrogen-bond acceptors (Lipinski definition) is 4. The van der Waals surface area contributed by atoms with E-state index in [4.69, 9.17) is 0 Å². The molecule has 0 aromatic heterocycles. The van der Waals surface area contributed by atoms with E-state index in [9.17, 15) is 9.18 Å². The van der Waals surface area contributed by atoms with Crippen LogP contribution in [0.4, 0.5) is 10.1 Å². The summed E-state index contributed by atoms with van der Waals surface area (Å²) in [5, 5.41) is 6.77. The molecule has 1 amide bonds. The van der Waals surface area contributed by atoms with Gasteiger partial charge in [-0.1, -0.05) is 32.6 Å². The minimum absolute atomic E-state index is 0.0682. The summed E-state index contributed by atoms with van der Waals surface area (Å²) in [5.41, 5.74) is 1.05. The average Bonchev–Trinajstić information content (AvgIpc) is 2.67. The number of halogens is 1.